The van der Waals surface area contributed by atoms with Gasteiger partial charge >= 0.3 is 5.97 Å². The number of hydrogen-bond acceptors (Lipinski definition) is 2. The summed E-state index contributed by atoms with van der Waals surface area (Å²) in [4.78, 5) is 14.1. The molecular formula is C55H54N2O2. The molecule has 3 aliphatic rings. The number of carbonyl (C=O) groups is 1. The number of aromatic nitrogens is 2. The van der Waals surface area contributed by atoms with Gasteiger partial charge < -0.3 is 13.9 Å². The first-order chi connectivity index (χ1) is 28.8. The summed E-state index contributed by atoms with van der Waals surface area (Å²) in [5, 5.41) is 4.93. The fourth-order valence-electron chi connectivity index (χ4n) is 12.9. The van der Waals surface area contributed by atoms with Crippen LogP contribution < -0.4 is 0 Å². The number of benzene rings is 6. The maximum atomic E-state index is 14.1. The molecule has 3 saturated carbocycles. The average molecular weight is 775 g/mol. The standard InChI is InChI=1S/C55H54N2O2/c1-33-27-34(2)53(33)40-30-47(54-35(3)28-36(54)4)48(31-40)55(58)59-32-37-17-26-52-46(29-37)45-13-7-10-16-51(45)57(52)42-24-20-39(21-25-42)38-18-22-41(23-19-38)56-49-14-8-5-11-43(49)44-12-6-9-15-50(44)56/h5-26,29,33-36,40,47-48,53-54H,27-28,30-32H2,1-4H3. The van der Waals surface area contributed by atoms with Crippen molar-refractivity contribution in [3.05, 3.63) is 145 Å². The molecule has 6 aromatic carbocycles. The molecule has 0 aliphatic heterocycles. The zero-order chi connectivity index (χ0) is 39.9. The summed E-state index contributed by atoms with van der Waals surface area (Å²) in [6, 6.07) is 50.5. The summed E-state index contributed by atoms with van der Waals surface area (Å²) < 4.78 is 11.0. The van der Waals surface area contributed by atoms with Crippen molar-refractivity contribution < 1.29 is 9.53 Å². The van der Waals surface area contributed by atoms with Gasteiger partial charge in [0.15, 0.2) is 0 Å². The second kappa shape index (κ2) is 14.3. The lowest BCUT2D eigenvalue weighted by molar-refractivity contribution is -0.153. The van der Waals surface area contributed by atoms with Gasteiger partial charge in [-0.2, -0.15) is 0 Å². The summed E-state index contributed by atoms with van der Waals surface area (Å²) in [5.41, 5.74) is 10.5. The van der Waals surface area contributed by atoms with E-state index in [0.717, 1.165) is 46.6 Å². The molecule has 0 amide bonds. The minimum absolute atomic E-state index is 0.0295. The topological polar surface area (TPSA) is 36.2 Å². The third kappa shape index (κ3) is 5.96. The van der Waals surface area contributed by atoms with Crippen molar-refractivity contribution in [2.24, 2.45) is 53.3 Å². The zero-order valence-electron chi connectivity index (χ0n) is 34.7. The Morgan fingerprint density at radius 2 is 0.966 bits per heavy atom. The molecule has 0 radical (unpaired) electrons. The summed E-state index contributed by atoms with van der Waals surface area (Å²) in [5.74, 6) is 5.58. The van der Waals surface area contributed by atoms with Crippen molar-refractivity contribution in [2.45, 2.75) is 60.0 Å². The Morgan fingerprint density at radius 3 is 1.46 bits per heavy atom. The van der Waals surface area contributed by atoms with Crippen molar-refractivity contribution >= 4 is 49.6 Å². The third-order valence-electron chi connectivity index (χ3n) is 15.4. The van der Waals surface area contributed by atoms with Crippen molar-refractivity contribution in [3.63, 3.8) is 0 Å². The van der Waals surface area contributed by atoms with E-state index < -0.39 is 0 Å². The molecule has 3 fully saturated rings. The number of nitrogens with zero attached hydrogens (tertiary/aromatic N) is 2. The highest BCUT2D eigenvalue weighted by Crippen LogP contribution is 2.58. The van der Waals surface area contributed by atoms with Crippen LogP contribution in [0.2, 0.25) is 0 Å². The monoisotopic (exact) mass is 774 g/mol. The molecule has 3 aliphatic carbocycles. The van der Waals surface area contributed by atoms with E-state index in [1.165, 1.54) is 68.5 Å². The van der Waals surface area contributed by atoms with E-state index in [1.807, 2.05) is 0 Å². The van der Waals surface area contributed by atoms with Gasteiger partial charge in [0, 0.05) is 32.9 Å². The molecule has 7 atom stereocenters. The Kier molecular flexibility index (Phi) is 8.83. The third-order valence-corrected chi connectivity index (χ3v) is 15.4. The molecule has 0 bridgehead atoms. The van der Waals surface area contributed by atoms with Gasteiger partial charge in [0.1, 0.15) is 6.61 Å². The summed E-state index contributed by atoms with van der Waals surface area (Å²) in [7, 11) is 0. The number of hydrogen-bond donors (Lipinski definition) is 0. The number of esters is 1. The smallest absolute Gasteiger partial charge is 0.309 e. The first-order valence-electron chi connectivity index (χ1n) is 22.2. The van der Waals surface area contributed by atoms with E-state index in [4.69, 9.17) is 4.74 Å². The molecule has 4 nitrogen and oxygen atoms in total. The molecule has 59 heavy (non-hydrogen) atoms. The van der Waals surface area contributed by atoms with E-state index >= 15 is 0 Å². The Balaban J connectivity index is 0.844. The van der Waals surface area contributed by atoms with Gasteiger partial charge in [-0.15, -0.1) is 0 Å². The van der Waals surface area contributed by atoms with Crippen molar-refractivity contribution in [3.8, 4) is 22.5 Å². The maximum Gasteiger partial charge on any atom is 0.309 e. The summed E-state index contributed by atoms with van der Waals surface area (Å²) in [6.07, 6.45) is 4.85. The quantitative estimate of drug-likeness (QED) is 0.144. The normalized spacial score (nSPS) is 26.7. The van der Waals surface area contributed by atoms with Crippen LogP contribution in [0.1, 0.15) is 58.9 Å². The molecule has 0 spiro atoms. The lowest BCUT2D eigenvalue weighted by Gasteiger charge is -2.47. The number of ether oxygens (including phenoxy) is 1. The van der Waals surface area contributed by atoms with E-state index in [1.54, 1.807) is 0 Å². The van der Waals surface area contributed by atoms with Crippen LogP contribution in [0.4, 0.5) is 0 Å². The first kappa shape index (κ1) is 36.5. The SMILES string of the molecule is CC1CC(C)C1C1CC(C(=O)OCc2ccc3c(c2)c2ccccc2n3-c2ccc(-c3ccc(-n4c5ccccc5c5ccccc54)cc3)cc2)C(C2C(C)CC2C)C1. The van der Waals surface area contributed by atoms with E-state index in [2.05, 4.69) is 176 Å². The number of rotatable bonds is 8. The first-order valence-corrected chi connectivity index (χ1v) is 22.2. The minimum atomic E-state index is 0.0295. The fourth-order valence-corrected chi connectivity index (χ4v) is 12.9. The van der Waals surface area contributed by atoms with Crippen LogP contribution in [0.5, 0.6) is 0 Å². The van der Waals surface area contributed by atoms with Crippen LogP contribution in [0.3, 0.4) is 0 Å². The highest BCUT2D eigenvalue weighted by Gasteiger charge is 2.53. The second-order valence-corrected chi connectivity index (χ2v) is 18.8. The fraction of sp³-hybridized carbons (Fsp3) is 0.327. The van der Waals surface area contributed by atoms with Gasteiger partial charge in [-0.1, -0.05) is 113 Å². The molecule has 0 N–H and O–H groups in total. The Hall–Kier alpha value is -5.61. The van der Waals surface area contributed by atoms with Crippen LogP contribution in [0, 0.1) is 53.3 Å². The molecule has 8 aromatic rings. The maximum absolute atomic E-state index is 14.1. The molecule has 0 saturated heterocycles. The van der Waals surface area contributed by atoms with E-state index in [0.29, 0.717) is 36.2 Å². The van der Waals surface area contributed by atoms with E-state index in [-0.39, 0.29) is 11.9 Å². The Bertz CT molecular complexity index is 2790. The molecule has 2 heterocycles. The molecule has 4 heteroatoms. The average Bonchev–Trinajstić information content (AvgIpc) is 3.92. The largest absolute Gasteiger partial charge is 0.461 e. The minimum Gasteiger partial charge on any atom is -0.461 e. The Morgan fingerprint density at radius 1 is 0.508 bits per heavy atom. The van der Waals surface area contributed by atoms with Crippen LogP contribution in [-0.2, 0) is 16.1 Å². The van der Waals surface area contributed by atoms with E-state index in [9.17, 15) is 4.79 Å². The van der Waals surface area contributed by atoms with Crippen LogP contribution in [0.25, 0.3) is 66.1 Å². The lowest BCUT2D eigenvalue weighted by atomic mass is 9.58. The Labute approximate surface area is 347 Å². The number of para-hydroxylation sites is 3. The number of fused-ring (bicyclic) bond motifs is 6. The molecular weight excluding hydrogens is 721 g/mol. The molecule has 11 rings (SSSR count). The molecule has 2 aromatic heterocycles. The van der Waals surface area contributed by atoms with Crippen molar-refractivity contribution in [2.75, 3.05) is 0 Å². The zero-order valence-corrected chi connectivity index (χ0v) is 34.7. The number of carbonyl (C=O) groups excluding carboxylic acids is 1. The van der Waals surface area contributed by atoms with Crippen LogP contribution in [-0.4, -0.2) is 15.1 Å². The van der Waals surface area contributed by atoms with Gasteiger partial charge in [-0.05, 0) is 144 Å². The summed E-state index contributed by atoms with van der Waals surface area (Å²) >= 11 is 0. The van der Waals surface area contributed by atoms with Crippen molar-refractivity contribution in [1.82, 2.24) is 9.13 Å². The summed E-state index contributed by atoms with van der Waals surface area (Å²) in [6.45, 7) is 9.98. The van der Waals surface area contributed by atoms with Gasteiger partial charge in [0.25, 0.3) is 0 Å². The van der Waals surface area contributed by atoms with Crippen LogP contribution in [0.15, 0.2) is 140 Å². The van der Waals surface area contributed by atoms with Crippen molar-refractivity contribution in [1.29, 1.82) is 0 Å². The van der Waals surface area contributed by atoms with Gasteiger partial charge in [-0.25, -0.2) is 0 Å². The van der Waals surface area contributed by atoms with Gasteiger partial charge in [0.05, 0.1) is 28.0 Å². The molecule has 296 valence electrons. The predicted octanol–water partition coefficient (Wildman–Crippen LogP) is 13.8. The highest BCUT2D eigenvalue weighted by atomic mass is 16.5. The van der Waals surface area contributed by atoms with Crippen LogP contribution >= 0.6 is 0 Å². The second-order valence-electron chi connectivity index (χ2n) is 18.8. The lowest BCUT2D eigenvalue weighted by Crippen LogP contribution is -2.42. The van der Waals surface area contributed by atoms with Gasteiger partial charge in [0.2, 0.25) is 0 Å². The van der Waals surface area contributed by atoms with Gasteiger partial charge in [-0.3, -0.25) is 4.79 Å². The molecule has 7 unspecified atom stereocenters. The highest BCUT2D eigenvalue weighted by molar-refractivity contribution is 6.10. The predicted molar refractivity (Wildman–Crippen MR) is 243 cm³/mol.